The van der Waals surface area contributed by atoms with E-state index >= 15 is 0 Å². The minimum Gasteiger partial charge on any atom is -0.264 e. The van der Waals surface area contributed by atoms with E-state index in [2.05, 4.69) is 0 Å². The van der Waals surface area contributed by atoms with Crippen LogP contribution in [0.4, 0.5) is 0 Å². The van der Waals surface area contributed by atoms with Crippen LogP contribution in [-0.4, -0.2) is 11.2 Å². The summed E-state index contributed by atoms with van der Waals surface area (Å²) in [5.74, 6) is 0. The van der Waals surface area contributed by atoms with E-state index < -0.39 is 0 Å². The Morgan fingerprint density at radius 1 is 1.58 bits per heavy atom. The highest BCUT2D eigenvalue weighted by Gasteiger charge is 2.00. The molecular formula is C8H9NO2S. The topological polar surface area (TPSA) is 43.1 Å². The van der Waals surface area contributed by atoms with Crippen molar-refractivity contribution in [1.82, 2.24) is 0 Å². The molecule has 0 heterocycles. The lowest BCUT2D eigenvalue weighted by Crippen LogP contribution is -1.97. The second-order valence-electron chi connectivity index (χ2n) is 2.34. The van der Waals surface area contributed by atoms with Crippen molar-refractivity contribution >= 4 is 11.8 Å². The summed E-state index contributed by atoms with van der Waals surface area (Å²) in [6, 6.07) is 7.38. The highest BCUT2D eigenvalue weighted by Crippen LogP contribution is 2.15. The minimum absolute atomic E-state index is 0.0889. The molecule has 12 heavy (non-hydrogen) atoms. The third kappa shape index (κ3) is 2.54. The van der Waals surface area contributed by atoms with Crippen LogP contribution in [-0.2, 0) is 6.54 Å². The summed E-state index contributed by atoms with van der Waals surface area (Å²) in [5.41, 5.74) is 0.756. The lowest BCUT2D eigenvalue weighted by Gasteiger charge is -1.97. The zero-order chi connectivity index (χ0) is 8.97. The Hall–Kier alpha value is -1.03. The van der Waals surface area contributed by atoms with Crippen molar-refractivity contribution in [3.8, 4) is 0 Å². The van der Waals surface area contributed by atoms with Gasteiger partial charge in [-0.15, -0.1) is 11.8 Å². The number of hydrogen-bond acceptors (Lipinski definition) is 3. The number of benzene rings is 1. The standard InChI is InChI=1S/C8H9NO2S/c1-12-8-4-2-3-7(5-8)6-9(10)11/h2-5H,6H2,1H3. The van der Waals surface area contributed by atoms with Crippen LogP contribution >= 0.6 is 11.8 Å². The lowest BCUT2D eigenvalue weighted by atomic mass is 10.2. The highest BCUT2D eigenvalue weighted by molar-refractivity contribution is 7.98. The second kappa shape index (κ2) is 4.11. The van der Waals surface area contributed by atoms with Gasteiger partial charge in [0.2, 0.25) is 6.54 Å². The SMILES string of the molecule is CSc1cccc(C[N+](=O)[O-])c1. The molecule has 0 atom stereocenters. The van der Waals surface area contributed by atoms with Gasteiger partial charge in [-0.1, -0.05) is 12.1 Å². The Labute approximate surface area is 74.9 Å². The summed E-state index contributed by atoms with van der Waals surface area (Å²) in [4.78, 5) is 10.9. The summed E-state index contributed by atoms with van der Waals surface area (Å²) in [5, 5.41) is 10.2. The molecule has 0 radical (unpaired) electrons. The fraction of sp³-hybridized carbons (Fsp3) is 0.250. The van der Waals surface area contributed by atoms with Gasteiger partial charge in [-0.2, -0.15) is 0 Å². The molecule has 0 saturated heterocycles. The normalized spacial score (nSPS) is 9.75. The first kappa shape index (κ1) is 9.06. The van der Waals surface area contributed by atoms with Crippen molar-refractivity contribution in [3.05, 3.63) is 39.9 Å². The zero-order valence-electron chi connectivity index (χ0n) is 6.69. The molecule has 0 N–H and O–H groups in total. The summed E-state index contributed by atoms with van der Waals surface area (Å²) in [6.07, 6.45) is 1.95. The Kier molecular flexibility index (Phi) is 3.10. The van der Waals surface area contributed by atoms with Crippen molar-refractivity contribution in [1.29, 1.82) is 0 Å². The van der Waals surface area contributed by atoms with Crippen LogP contribution in [0.1, 0.15) is 5.56 Å². The summed E-state index contributed by atoms with van der Waals surface area (Å²) >= 11 is 1.59. The van der Waals surface area contributed by atoms with E-state index in [1.807, 2.05) is 24.5 Å². The fourth-order valence-electron chi connectivity index (χ4n) is 0.920. The van der Waals surface area contributed by atoms with E-state index in [0.29, 0.717) is 0 Å². The molecule has 0 aliphatic rings. The maximum absolute atomic E-state index is 10.2. The summed E-state index contributed by atoms with van der Waals surface area (Å²) < 4.78 is 0. The molecule has 0 saturated carbocycles. The van der Waals surface area contributed by atoms with Gasteiger partial charge >= 0.3 is 0 Å². The molecule has 1 rings (SSSR count). The highest BCUT2D eigenvalue weighted by atomic mass is 32.2. The molecular weight excluding hydrogens is 174 g/mol. The van der Waals surface area contributed by atoms with Gasteiger partial charge in [-0.25, -0.2) is 0 Å². The fourth-order valence-corrected chi connectivity index (χ4v) is 1.40. The molecule has 0 amide bonds. The van der Waals surface area contributed by atoms with Crippen LogP contribution in [0.25, 0.3) is 0 Å². The third-order valence-electron chi connectivity index (χ3n) is 1.45. The van der Waals surface area contributed by atoms with E-state index in [9.17, 15) is 10.1 Å². The van der Waals surface area contributed by atoms with E-state index in [-0.39, 0.29) is 11.5 Å². The molecule has 0 bridgehead atoms. The third-order valence-corrected chi connectivity index (χ3v) is 2.17. The first-order valence-corrected chi connectivity index (χ1v) is 4.69. The van der Waals surface area contributed by atoms with Crippen molar-refractivity contribution < 1.29 is 4.92 Å². The Balaban J connectivity index is 2.79. The molecule has 1 aromatic rings. The average molecular weight is 183 g/mol. The van der Waals surface area contributed by atoms with Gasteiger partial charge in [0.1, 0.15) is 0 Å². The van der Waals surface area contributed by atoms with E-state index in [0.717, 1.165) is 10.5 Å². The zero-order valence-corrected chi connectivity index (χ0v) is 7.50. The number of hydrogen-bond donors (Lipinski definition) is 0. The van der Waals surface area contributed by atoms with Crippen LogP contribution in [0.3, 0.4) is 0 Å². The molecule has 1 aromatic carbocycles. The predicted molar refractivity (Wildman–Crippen MR) is 48.9 cm³/mol. The van der Waals surface area contributed by atoms with Gasteiger partial charge < -0.3 is 0 Å². The first-order chi connectivity index (χ1) is 5.72. The molecule has 4 heteroatoms. The first-order valence-electron chi connectivity index (χ1n) is 3.47. The number of thioether (sulfide) groups is 1. The molecule has 0 unspecified atom stereocenters. The lowest BCUT2D eigenvalue weighted by molar-refractivity contribution is -0.496. The molecule has 0 aromatic heterocycles. The molecule has 0 spiro atoms. The number of rotatable bonds is 3. The Bertz CT molecular complexity index is 288. The molecule has 3 nitrogen and oxygen atoms in total. The second-order valence-corrected chi connectivity index (χ2v) is 3.22. The quantitative estimate of drug-likeness (QED) is 0.410. The number of nitro groups is 1. The van der Waals surface area contributed by atoms with Crippen LogP contribution < -0.4 is 0 Å². The van der Waals surface area contributed by atoms with Gasteiger partial charge in [0, 0.05) is 15.4 Å². The van der Waals surface area contributed by atoms with Gasteiger partial charge in [0.15, 0.2) is 0 Å². The monoisotopic (exact) mass is 183 g/mol. The summed E-state index contributed by atoms with van der Waals surface area (Å²) in [6.45, 7) is -0.0889. The van der Waals surface area contributed by atoms with Gasteiger partial charge in [0.25, 0.3) is 0 Å². The molecule has 64 valence electrons. The van der Waals surface area contributed by atoms with Crippen molar-refractivity contribution in [2.24, 2.45) is 0 Å². The van der Waals surface area contributed by atoms with Crippen LogP contribution in [0.2, 0.25) is 0 Å². The molecule has 0 fully saturated rings. The largest absolute Gasteiger partial charge is 0.264 e. The van der Waals surface area contributed by atoms with Gasteiger partial charge in [0.05, 0.1) is 0 Å². The summed E-state index contributed by atoms with van der Waals surface area (Å²) in [7, 11) is 0. The van der Waals surface area contributed by atoms with Crippen molar-refractivity contribution in [2.45, 2.75) is 11.4 Å². The van der Waals surface area contributed by atoms with Crippen molar-refractivity contribution in [3.63, 3.8) is 0 Å². The molecule has 0 aliphatic heterocycles. The minimum atomic E-state index is -0.320. The van der Waals surface area contributed by atoms with Crippen molar-refractivity contribution in [2.75, 3.05) is 6.26 Å². The average Bonchev–Trinajstić information content (AvgIpc) is 2.03. The van der Waals surface area contributed by atoms with Crippen LogP contribution in [0.15, 0.2) is 29.2 Å². The smallest absolute Gasteiger partial charge is 0.228 e. The Morgan fingerprint density at radius 2 is 2.33 bits per heavy atom. The Morgan fingerprint density at radius 3 is 2.92 bits per heavy atom. The van der Waals surface area contributed by atoms with E-state index in [1.54, 1.807) is 17.8 Å². The number of nitrogens with zero attached hydrogens (tertiary/aromatic N) is 1. The van der Waals surface area contributed by atoms with Crippen LogP contribution in [0, 0.1) is 10.1 Å². The van der Waals surface area contributed by atoms with E-state index in [1.165, 1.54) is 0 Å². The maximum Gasteiger partial charge on any atom is 0.228 e. The van der Waals surface area contributed by atoms with Crippen LogP contribution in [0.5, 0.6) is 0 Å². The van der Waals surface area contributed by atoms with Gasteiger partial charge in [-0.05, 0) is 18.4 Å². The molecule has 0 aliphatic carbocycles. The predicted octanol–water partition coefficient (Wildman–Crippen LogP) is 2.19. The van der Waals surface area contributed by atoms with E-state index in [4.69, 9.17) is 0 Å². The van der Waals surface area contributed by atoms with Gasteiger partial charge in [-0.3, -0.25) is 10.1 Å². The maximum atomic E-state index is 10.2.